The Kier molecular flexibility index (Phi) is 6.41. The molecule has 0 bridgehead atoms. The molecule has 1 aliphatic heterocycles. The summed E-state index contributed by atoms with van der Waals surface area (Å²) in [4.78, 5) is 30.8. The molecule has 3 aromatic carbocycles. The molecule has 1 atom stereocenters. The van der Waals surface area contributed by atoms with Crippen molar-refractivity contribution in [1.29, 1.82) is 0 Å². The average Bonchev–Trinajstić information content (AvgIpc) is 3.60. The third-order valence-electron chi connectivity index (χ3n) is 7.63. The standard InChI is InChI=1S/C32H22ClN3O5S/c1-40-26-9-5-4-8-23(26)30-24-13-10-18-6-2-3-7-21(18)29(24)34-32-35(30)31(37)28(42-32)17-20-12-15-27(41-20)22-14-11-19(33)16-25(22)36(38)39/h2-9,11-12,14-17,30H,10,13H2,1H3/b28-17+/t30-/m0/s1. The Labute approximate surface area is 248 Å². The SMILES string of the molecule is COc1ccccc1[C@H]1C2=C(N=c3s/c(=C/c4ccc(-c5ccc(Cl)cc5[N+](=O)[O-])o4)c(=O)n31)c1ccccc1CC2. The van der Waals surface area contributed by atoms with Gasteiger partial charge in [0.2, 0.25) is 0 Å². The van der Waals surface area contributed by atoms with Gasteiger partial charge in [0.1, 0.15) is 17.3 Å². The van der Waals surface area contributed by atoms with E-state index in [1.807, 2.05) is 36.4 Å². The summed E-state index contributed by atoms with van der Waals surface area (Å²) in [5, 5.41) is 11.9. The number of allylic oxidation sites excluding steroid dienone is 1. The van der Waals surface area contributed by atoms with Gasteiger partial charge in [0.25, 0.3) is 11.2 Å². The van der Waals surface area contributed by atoms with Crippen molar-refractivity contribution in [3.05, 3.63) is 142 Å². The first-order chi connectivity index (χ1) is 20.4. The molecule has 0 spiro atoms. The number of aromatic nitrogens is 1. The summed E-state index contributed by atoms with van der Waals surface area (Å²) in [5.74, 6) is 1.39. The van der Waals surface area contributed by atoms with E-state index in [2.05, 4.69) is 12.1 Å². The lowest BCUT2D eigenvalue weighted by Crippen LogP contribution is -2.38. The number of furan rings is 1. The van der Waals surface area contributed by atoms with Crippen LogP contribution in [0.2, 0.25) is 5.02 Å². The second-order valence-electron chi connectivity index (χ2n) is 9.98. The number of ether oxygens (including phenoxy) is 1. The predicted octanol–water partition coefficient (Wildman–Crippen LogP) is 6.15. The van der Waals surface area contributed by atoms with Crippen LogP contribution in [0.25, 0.3) is 23.1 Å². The van der Waals surface area contributed by atoms with E-state index in [4.69, 9.17) is 25.7 Å². The Morgan fingerprint density at radius 1 is 1.07 bits per heavy atom. The molecule has 7 rings (SSSR count). The smallest absolute Gasteiger partial charge is 0.281 e. The molecule has 0 N–H and O–H groups in total. The van der Waals surface area contributed by atoms with Gasteiger partial charge in [-0.05, 0) is 54.3 Å². The Bertz CT molecular complexity index is 2120. The molecule has 42 heavy (non-hydrogen) atoms. The van der Waals surface area contributed by atoms with Gasteiger partial charge in [0, 0.05) is 28.3 Å². The lowest BCUT2D eigenvalue weighted by atomic mass is 9.83. The zero-order chi connectivity index (χ0) is 29.0. The first-order valence-electron chi connectivity index (χ1n) is 13.2. The molecule has 5 aromatic rings. The largest absolute Gasteiger partial charge is 0.496 e. The molecule has 0 radical (unpaired) electrons. The van der Waals surface area contributed by atoms with Crippen molar-refractivity contribution in [2.24, 2.45) is 4.99 Å². The molecular weight excluding hydrogens is 574 g/mol. The van der Waals surface area contributed by atoms with E-state index in [0.717, 1.165) is 35.2 Å². The minimum atomic E-state index is -0.501. The lowest BCUT2D eigenvalue weighted by Gasteiger charge is -2.31. The van der Waals surface area contributed by atoms with Gasteiger partial charge in [-0.15, -0.1) is 0 Å². The Balaban J connectivity index is 1.40. The van der Waals surface area contributed by atoms with Gasteiger partial charge in [0.05, 0.1) is 33.9 Å². The summed E-state index contributed by atoms with van der Waals surface area (Å²) in [6.07, 6.45) is 3.28. The molecule has 208 valence electrons. The fraction of sp³-hybridized carbons (Fsp3) is 0.125. The number of hydrogen-bond donors (Lipinski definition) is 0. The fourth-order valence-corrected chi connectivity index (χ4v) is 6.91. The first-order valence-corrected chi connectivity index (χ1v) is 14.4. The van der Waals surface area contributed by atoms with Gasteiger partial charge in [-0.3, -0.25) is 19.5 Å². The molecule has 10 heteroatoms. The molecule has 3 heterocycles. The summed E-state index contributed by atoms with van der Waals surface area (Å²) in [6.45, 7) is 0. The molecule has 8 nitrogen and oxygen atoms in total. The number of nitro benzene ring substituents is 1. The molecule has 0 amide bonds. The predicted molar refractivity (Wildman–Crippen MR) is 162 cm³/mol. The van der Waals surface area contributed by atoms with Crippen LogP contribution < -0.4 is 19.6 Å². The quantitative estimate of drug-likeness (QED) is 0.179. The van der Waals surface area contributed by atoms with Gasteiger partial charge in [-0.25, -0.2) is 4.99 Å². The minimum Gasteiger partial charge on any atom is -0.496 e. The van der Waals surface area contributed by atoms with Crippen LogP contribution in [0.4, 0.5) is 5.69 Å². The molecule has 0 saturated heterocycles. The van der Waals surface area contributed by atoms with Crippen LogP contribution in [0, 0.1) is 10.1 Å². The second-order valence-corrected chi connectivity index (χ2v) is 11.4. The van der Waals surface area contributed by atoms with Gasteiger partial charge >= 0.3 is 0 Å². The zero-order valence-electron chi connectivity index (χ0n) is 22.2. The highest BCUT2D eigenvalue weighted by Gasteiger charge is 2.34. The van der Waals surface area contributed by atoms with Crippen LogP contribution in [0.1, 0.15) is 34.9 Å². The number of methoxy groups -OCH3 is 1. The molecule has 0 saturated carbocycles. The number of rotatable bonds is 5. The molecule has 1 aliphatic carbocycles. The highest BCUT2D eigenvalue weighted by Crippen LogP contribution is 2.43. The average molecular weight is 596 g/mol. The molecule has 0 fully saturated rings. The number of fused-ring (bicyclic) bond motifs is 3. The Hall–Kier alpha value is -4.73. The topological polar surface area (TPSA) is 99.9 Å². The number of halogens is 1. The van der Waals surface area contributed by atoms with Crippen LogP contribution >= 0.6 is 22.9 Å². The van der Waals surface area contributed by atoms with E-state index in [-0.39, 0.29) is 22.3 Å². The Morgan fingerprint density at radius 3 is 2.71 bits per heavy atom. The summed E-state index contributed by atoms with van der Waals surface area (Å²) in [6, 6.07) is 23.4. The zero-order valence-corrected chi connectivity index (χ0v) is 23.8. The van der Waals surface area contributed by atoms with Crippen LogP contribution in [-0.2, 0) is 6.42 Å². The van der Waals surface area contributed by atoms with E-state index >= 15 is 0 Å². The molecule has 0 unspecified atom stereocenters. The maximum Gasteiger partial charge on any atom is 0.281 e. The van der Waals surface area contributed by atoms with Crippen molar-refractivity contribution in [2.45, 2.75) is 18.9 Å². The summed E-state index contributed by atoms with van der Waals surface area (Å²) >= 11 is 7.26. The van der Waals surface area contributed by atoms with Gasteiger partial charge in [-0.2, -0.15) is 0 Å². The molecular formula is C32H22ClN3O5S. The minimum absolute atomic E-state index is 0.162. The lowest BCUT2D eigenvalue weighted by molar-refractivity contribution is -0.384. The molecule has 2 aliphatic rings. The van der Waals surface area contributed by atoms with Gasteiger partial charge < -0.3 is 9.15 Å². The monoisotopic (exact) mass is 595 g/mol. The van der Waals surface area contributed by atoms with E-state index in [1.54, 1.807) is 42.0 Å². The van der Waals surface area contributed by atoms with Crippen molar-refractivity contribution in [1.82, 2.24) is 4.57 Å². The highest BCUT2D eigenvalue weighted by molar-refractivity contribution is 7.07. The van der Waals surface area contributed by atoms with Crippen LogP contribution in [0.5, 0.6) is 5.75 Å². The maximum atomic E-state index is 14.1. The van der Waals surface area contributed by atoms with Crippen molar-refractivity contribution in [3.63, 3.8) is 0 Å². The van der Waals surface area contributed by atoms with E-state index in [0.29, 0.717) is 32.2 Å². The number of para-hydroxylation sites is 1. The number of nitro groups is 1. The number of aryl methyl sites for hydroxylation is 1. The van der Waals surface area contributed by atoms with Gasteiger partial charge in [-0.1, -0.05) is 65.4 Å². The number of benzene rings is 3. The third-order valence-corrected chi connectivity index (χ3v) is 8.85. The van der Waals surface area contributed by atoms with Crippen LogP contribution in [0.15, 0.2) is 98.6 Å². The maximum absolute atomic E-state index is 14.1. The molecule has 2 aromatic heterocycles. The summed E-state index contributed by atoms with van der Waals surface area (Å²) in [7, 11) is 1.63. The number of nitrogens with zero attached hydrogens (tertiary/aromatic N) is 3. The van der Waals surface area contributed by atoms with Crippen LogP contribution in [0.3, 0.4) is 0 Å². The van der Waals surface area contributed by atoms with Crippen molar-refractivity contribution < 1.29 is 14.1 Å². The van der Waals surface area contributed by atoms with E-state index in [1.165, 1.54) is 23.0 Å². The normalized spacial score (nSPS) is 16.0. The summed E-state index contributed by atoms with van der Waals surface area (Å²) < 4.78 is 13.9. The van der Waals surface area contributed by atoms with E-state index < -0.39 is 4.92 Å². The second kappa shape index (κ2) is 10.3. The van der Waals surface area contributed by atoms with Crippen molar-refractivity contribution >= 4 is 40.4 Å². The fourth-order valence-electron chi connectivity index (χ4n) is 5.76. The first kappa shape index (κ1) is 26.2. The van der Waals surface area contributed by atoms with Crippen molar-refractivity contribution in [2.75, 3.05) is 7.11 Å². The summed E-state index contributed by atoms with van der Waals surface area (Å²) in [5.41, 5.74) is 5.12. The van der Waals surface area contributed by atoms with Gasteiger partial charge in [0.15, 0.2) is 4.80 Å². The van der Waals surface area contributed by atoms with Crippen LogP contribution in [-0.4, -0.2) is 16.6 Å². The van der Waals surface area contributed by atoms with E-state index in [9.17, 15) is 14.9 Å². The third kappa shape index (κ3) is 4.29. The number of thiazole rings is 1. The Morgan fingerprint density at radius 2 is 1.88 bits per heavy atom. The number of hydrogen-bond acceptors (Lipinski definition) is 7. The van der Waals surface area contributed by atoms with Crippen molar-refractivity contribution in [3.8, 4) is 17.1 Å². The highest BCUT2D eigenvalue weighted by atomic mass is 35.5.